The zero-order valence-corrected chi connectivity index (χ0v) is 19.3. The second-order valence-electron chi connectivity index (χ2n) is 7.03. The first-order chi connectivity index (χ1) is 13.1. The van der Waals surface area contributed by atoms with Gasteiger partial charge in [-0.1, -0.05) is 19.0 Å². The minimum absolute atomic E-state index is 0. The molecule has 1 N–H and O–H groups in total. The lowest BCUT2D eigenvalue weighted by atomic mass is 10.1. The number of hydrogen-bond donors (Lipinski definition) is 1. The van der Waals surface area contributed by atoms with Crippen molar-refractivity contribution in [2.24, 2.45) is 12.0 Å². The summed E-state index contributed by atoms with van der Waals surface area (Å²) in [5.74, 6) is 2.64. The highest BCUT2D eigenvalue weighted by atomic mass is 127. The number of rotatable bonds is 6. The van der Waals surface area contributed by atoms with Gasteiger partial charge in [0.05, 0.1) is 19.3 Å². The largest absolute Gasteiger partial charge is 0.370 e. The molecule has 2 aromatic heterocycles. The van der Waals surface area contributed by atoms with Gasteiger partial charge in [0.1, 0.15) is 6.10 Å². The van der Waals surface area contributed by atoms with Crippen LogP contribution in [0, 0.1) is 0 Å². The Bertz CT molecular complexity index is 759. The van der Waals surface area contributed by atoms with Crippen molar-refractivity contribution in [1.29, 1.82) is 0 Å². The summed E-state index contributed by atoms with van der Waals surface area (Å²) in [5.41, 5.74) is 1.09. The van der Waals surface area contributed by atoms with Crippen LogP contribution in [0.5, 0.6) is 0 Å². The van der Waals surface area contributed by atoms with E-state index in [0.29, 0.717) is 12.5 Å². The summed E-state index contributed by atoms with van der Waals surface area (Å²) in [6.45, 7) is 7.15. The van der Waals surface area contributed by atoms with E-state index in [1.807, 2.05) is 26.5 Å². The van der Waals surface area contributed by atoms with Gasteiger partial charge in [0, 0.05) is 51.3 Å². The number of guanidine groups is 1. The fraction of sp³-hybridized carbons (Fsp3) is 0.667. The summed E-state index contributed by atoms with van der Waals surface area (Å²) in [5, 5.41) is 11.7. The normalized spacial score (nSPS) is 17.7. The highest BCUT2D eigenvalue weighted by Gasteiger charge is 2.25. The van der Waals surface area contributed by atoms with Crippen molar-refractivity contribution in [2.45, 2.75) is 38.7 Å². The summed E-state index contributed by atoms with van der Waals surface area (Å²) in [7, 11) is 3.72. The molecule has 10 heteroatoms. The molecule has 156 valence electrons. The molecule has 1 atom stereocenters. The third-order valence-corrected chi connectivity index (χ3v) is 4.53. The average Bonchev–Trinajstić information content (AvgIpc) is 3.31. The molecule has 1 saturated heterocycles. The van der Waals surface area contributed by atoms with Gasteiger partial charge in [-0.2, -0.15) is 10.1 Å². The van der Waals surface area contributed by atoms with Gasteiger partial charge >= 0.3 is 0 Å². The number of nitrogens with one attached hydrogen (secondary N) is 1. The predicted molar refractivity (Wildman–Crippen MR) is 117 cm³/mol. The number of ether oxygens (including phenoxy) is 1. The highest BCUT2D eigenvalue weighted by Crippen LogP contribution is 2.21. The molecule has 9 nitrogen and oxygen atoms in total. The van der Waals surface area contributed by atoms with Gasteiger partial charge in [0.2, 0.25) is 5.89 Å². The topological polar surface area (TPSA) is 93.6 Å². The van der Waals surface area contributed by atoms with Gasteiger partial charge in [0.25, 0.3) is 0 Å². The molecule has 28 heavy (non-hydrogen) atoms. The maximum atomic E-state index is 5.90. The molecule has 0 aromatic carbocycles. The molecular formula is C18H30IN7O2. The van der Waals surface area contributed by atoms with E-state index >= 15 is 0 Å². The van der Waals surface area contributed by atoms with Gasteiger partial charge in [-0.05, 0) is 6.42 Å². The monoisotopic (exact) mass is 503 g/mol. The standard InChI is InChI=1S/C18H29N7O2.HI/c1-13(2)17-22-16(27-23-17)6-5-7-20-18(19-3)25-8-9-26-15(12-25)14-10-21-24(4)11-14;/h10-11,13,15H,5-9,12H2,1-4H3,(H,19,20);1H. The molecule has 0 saturated carbocycles. The zero-order chi connectivity index (χ0) is 19.2. The van der Waals surface area contributed by atoms with Crippen molar-refractivity contribution in [3.8, 4) is 0 Å². The Morgan fingerprint density at radius 2 is 2.25 bits per heavy atom. The third kappa shape index (κ3) is 5.90. The molecule has 3 rings (SSSR count). The summed E-state index contributed by atoms with van der Waals surface area (Å²) in [6.07, 6.45) is 5.53. The van der Waals surface area contributed by atoms with Crippen LogP contribution in [0.3, 0.4) is 0 Å². The summed E-state index contributed by atoms with van der Waals surface area (Å²) in [6, 6.07) is 0. The fourth-order valence-electron chi connectivity index (χ4n) is 3.03. The fourth-order valence-corrected chi connectivity index (χ4v) is 3.03. The van der Waals surface area contributed by atoms with Crippen LogP contribution in [0.4, 0.5) is 0 Å². The summed E-state index contributed by atoms with van der Waals surface area (Å²) in [4.78, 5) is 11.1. The van der Waals surface area contributed by atoms with Gasteiger partial charge in [-0.15, -0.1) is 24.0 Å². The Balaban J connectivity index is 0.00000280. The second kappa shape index (κ2) is 10.7. The van der Waals surface area contributed by atoms with E-state index in [1.54, 1.807) is 4.68 Å². The van der Waals surface area contributed by atoms with Crippen LogP contribution in [-0.2, 0) is 18.2 Å². The minimum atomic E-state index is 0. The van der Waals surface area contributed by atoms with Crippen LogP contribution in [0.25, 0.3) is 0 Å². The van der Waals surface area contributed by atoms with Crippen molar-refractivity contribution >= 4 is 29.9 Å². The van der Waals surface area contributed by atoms with Crippen molar-refractivity contribution in [1.82, 2.24) is 30.1 Å². The van der Waals surface area contributed by atoms with Gasteiger partial charge in [-0.3, -0.25) is 9.67 Å². The quantitative estimate of drug-likeness (QED) is 0.280. The molecule has 0 radical (unpaired) electrons. The molecule has 0 aliphatic carbocycles. The van der Waals surface area contributed by atoms with E-state index in [2.05, 4.69) is 44.3 Å². The Labute approximate surface area is 182 Å². The lowest BCUT2D eigenvalue weighted by Crippen LogP contribution is -2.48. The van der Waals surface area contributed by atoms with Crippen molar-refractivity contribution < 1.29 is 9.26 Å². The number of aromatic nitrogens is 4. The first kappa shape index (κ1) is 22.6. The molecule has 0 bridgehead atoms. The van der Waals surface area contributed by atoms with E-state index in [4.69, 9.17) is 9.26 Å². The van der Waals surface area contributed by atoms with Crippen LogP contribution in [0.1, 0.15) is 49.6 Å². The molecule has 0 amide bonds. The Morgan fingerprint density at radius 3 is 2.89 bits per heavy atom. The van der Waals surface area contributed by atoms with E-state index < -0.39 is 0 Å². The molecule has 1 aliphatic heterocycles. The van der Waals surface area contributed by atoms with Crippen LogP contribution >= 0.6 is 24.0 Å². The number of halogens is 1. The van der Waals surface area contributed by atoms with Crippen molar-refractivity contribution in [3.63, 3.8) is 0 Å². The smallest absolute Gasteiger partial charge is 0.226 e. The average molecular weight is 503 g/mol. The van der Waals surface area contributed by atoms with E-state index in [1.165, 1.54) is 0 Å². The number of hydrogen-bond acceptors (Lipinski definition) is 6. The Hall–Kier alpha value is -1.69. The maximum absolute atomic E-state index is 5.90. The van der Waals surface area contributed by atoms with E-state index in [9.17, 15) is 0 Å². The Kier molecular flexibility index (Phi) is 8.67. The first-order valence-corrected chi connectivity index (χ1v) is 9.45. The molecule has 3 heterocycles. The lowest BCUT2D eigenvalue weighted by molar-refractivity contribution is -0.00801. The maximum Gasteiger partial charge on any atom is 0.226 e. The predicted octanol–water partition coefficient (Wildman–Crippen LogP) is 2.13. The third-order valence-electron chi connectivity index (χ3n) is 4.53. The van der Waals surface area contributed by atoms with Crippen molar-refractivity contribution in [3.05, 3.63) is 29.7 Å². The molecular weight excluding hydrogens is 473 g/mol. The zero-order valence-electron chi connectivity index (χ0n) is 17.0. The summed E-state index contributed by atoms with van der Waals surface area (Å²) >= 11 is 0. The number of aliphatic imine (C=N–C) groups is 1. The van der Waals surface area contributed by atoms with Gasteiger partial charge in [0.15, 0.2) is 11.8 Å². The highest BCUT2D eigenvalue weighted by molar-refractivity contribution is 14.0. The lowest BCUT2D eigenvalue weighted by Gasteiger charge is -2.34. The van der Waals surface area contributed by atoms with Gasteiger partial charge < -0.3 is 19.5 Å². The van der Waals surface area contributed by atoms with E-state index in [0.717, 1.165) is 49.8 Å². The summed E-state index contributed by atoms with van der Waals surface area (Å²) < 4.78 is 13.0. The Morgan fingerprint density at radius 1 is 1.43 bits per heavy atom. The van der Waals surface area contributed by atoms with Crippen molar-refractivity contribution in [2.75, 3.05) is 33.3 Å². The molecule has 2 aromatic rings. The number of aryl methyl sites for hydroxylation is 2. The van der Waals surface area contributed by atoms with Gasteiger partial charge in [-0.25, -0.2) is 0 Å². The van der Waals surface area contributed by atoms with E-state index in [-0.39, 0.29) is 36.0 Å². The molecule has 0 spiro atoms. The SMILES string of the molecule is CN=C(NCCCc1nc(C(C)C)no1)N1CCOC(c2cnn(C)c2)C1.I. The van der Waals surface area contributed by atoms with Crippen LogP contribution in [0.15, 0.2) is 21.9 Å². The minimum Gasteiger partial charge on any atom is -0.370 e. The van der Waals surface area contributed by atoms with Crippen LogP contribution in [-0.4, -0.2) is 64.1 Å². The van der Waals surface area contributed by atoms with Crippen LogP contribution in [0.2, 0.25) is 0 Å². The first-order valence-electron chi connectivity index (χ1n) is 9.45. The molecule has 1 aliphatic rings. The second-order valence-corrected chi connectivity index (χ2v) is 7.03. The number of morpholine rings is 1. The van der Waals surface area contributed by atoms with Crippen LogP contribution < -0.4 is 5.32 Å². The molecule has 1 fully saturated rings. The number of nitrogens with zero attached hydrogens (tertiary/aromatic N) is 6. The molecule has 1 unspecified atom stereocenters.